The molecule has 9 nitrogen and oxygen atoms in total. The molecule has 0 bridgehead atoms. The zero-order valence-corrected chi connectivity index (χ0v) is 25.1. The molecule has 0 fully saturated rings. The number of nitrogens with two attached hydrogens (primary N) is 1. The SMILES string of the molecule is CCC(C)(C)C(=O)Oc1ccc(C[C@](N)(CCOC(=O)CCC(C)C)C(=O)OC)cc1OC(=O)C(C)(C)CC. The van der Waals surface area contributed by atoms with Crippen molar-refractivity contribution < 1.29 is 38.1 Å². The first-order valence-corrected chi connectivity index (χ1v) is 13.6. The second-order valence-corrected chi connectivity index (χ2v) is 11.8. The summed E-state index contributed by atoms with van der Waals surface area (Å²) in [6.07, 6.45) is 2.09. The third kappa shape index (κ3) is 10.3. The summed E-state index contributed by atoms with van der Waals surface area (Å²) in [6.45, 7) is 14.8. The maximum atomic E-state index is 12.9. The highest BCUT2D eigenvalue weighted by Gasteiger charge is 2.37. The minimum absolute atomic E-state index is 0.000378. The summed E-state index contributed by atoms with van der Waals surface area (Å²) in [7, 11) is 1.23. The predicted octanol–water partition coefficient (Wildman–Crippen LogP) is 5.15. The van der Waals surface area contributed by atoms with Gasteiger partial charge in [0.05, 0.1) is 24.5 Å². The van der Waals surface area contributed by atoms with Gasteiger partial charge in [0.25, 0.3) is 0 Å². The van der Waals surface area contributed by atoms with Crippen molar-refractivity contribution in [3.8, 4) is 11.5 Å². The van der Waals surface area contributed by atoms with Gasteiger partial charge in [-0.05, 0) is 70.6 Å². The Morgan fingerprint density at radius 1 is 0.872 bits per heavy atom. The maximum Gasteiger partial charge on any atom is 0.326 e. The molecule has 0 aromatic heterocycles. The zero-order chi connectivity index (χ0) is 30.0. The minimum atomic E-state index is -1.51. The number of rotatable bonds is 15. The molecular weight excluding hydrogens is 502 g/mol. The Bertz CT molecular complexity index is 1010. The molecule has 1 aromatic carbocycles. The van der Waals surface area contributed by atoms with E-state index in [9.17, 15) is 19.2 Å². The highest BCUT2D eigenvalue weighted by Crippen LogP contribution is 2.35. The third-order valence-corrected chi connectivity index (χ3v) is 7.13. The molecule has 0 aliphatic carbocycles. The van der Waals surface area contributed by atoms with E-state index in [1.165, 1.54) is 19.2 Å². The van der Waals surface area contributed by atoms with E-state index in [4.69, 9.17) is 24.7 Å². The Labute approximate surface area is 233 Å². The number of benzene rings is 1. The summed E-state index contributed by atoms with van der Waals surface area (Å²) < 4.78 is 21.6. The lowest BCUT2D eigenvalue weighted by atomic mass is 9.88. The van der Waals surface area contributed by atoms with Crippen LogP contribution in [0.25, 0.3) is 0 Å². The molecule has 9 heteroatoms. The number of esters is 4. The first-order chi connectivity index (χ1) is 18.0. The lowest BCUT2D eigenvalue weighted by Gasteiger charge is -2.27. The molecule has 2 N–H and O–H groups in total. The number of methoxy groups -OCH3 is 1. The van der Waals surface area contributed by atoms with Crippen molar-refractivity contribution in [1.82, 2.24) is 0 Å². The van der Waals surface area contributed by atoms with Crippen LogP contribution in [0, 0.1) is 16.7 Å². The molecule has 39 heavy (non-hydrogen) atoms. The topological polar surface area (TPSA) is 131 Å². The van der Waals surface area contributed by atoms with Crippen LogP contribution in [0.5, 0.6) is 11.5 Å². The second kappa shape index (κ2) is 14.4. The Kier molecular flexibility index (Phi) is 12.6. The summed E-state index contributed by atoms with van der Waals surface area (Å²) in [6, 6.07) is 4.69. The van der Waals surface area contributed by atoms with E-state index in [0.29, 0.717) is 30.7 Å². The second-order valence-electron chi connectivity index (χ2n) is 11.8. The Morgan fingerprint density at radius 2 is 1.41 bits per heavy atom. The van der Waals surface area contributed by atoms with Crippen LogP contribution in [0.2, 0.25) is 0 Å². The van der Waals surface area contributed by atoms with Crippen molar-refractivity contribution in [3.05, 3.63) is 23.8 Å². The van der Waals surface area contributed by atoms with Gasteiger partial charge in [0, 0.05) is 19.3 Å². The van der Waals surface area contributed by atoms with Crippen molar-refractivity contribution in [3.63, 3.8) is 0 Å². The Morgan fingerprint density at radius 3 is 1.90 bits per heavy atom. The molecule has 1 atom stereocenters. The van der Waals surface area contributed by atoms with Gasteiger partial charge in [-0.3, -0.25) is 19.2 Å². The van der Waals surface area contributed by atoms with E-state index >= 15 is 0 Å². The van der Waals surface area contributed by atoms with Crippen LogP contribution in [-0.4, -0.2) is 43.1 Å². The average Bonchev–Trinajstić information content (AvgIpc) is 2.88. The monoisotopic (exact) mass is 549 g/mol. The summed E-state index contributed by atoms with van der Waals surface area (Å²) in [4.78, 5) is 50.4. The fraction of sp³-hybridized carbons (Fsp3) is 0.667. The number of ether oxygens (including phenoxy) is 4. The van der Waals surface area contributed by atoms with Crippen LogP contribution in [-0.2, 0) is 35.1 Å². The average molecular weight is 550 g/mol. The number of hydrogen-bond donors (Lipinski definition) is 1. The van der Waals surface area contributed by atoms with Crippen LogP contribution in [0.4, 0.5) is 0 Å². The Balaban J connectivity index is 3.27. The third-order valence-electron chi connectivity index (χ3n) is 7.13. The van der Waals surface area contributed by atoms with Crippen molar-refractivity contribution >= 4 is 23.9 Å². The van der Waals surface area contributed by atoms with Gasteiger partial charge in [-0.2, -0.15) is 0 Å². The smallest absolute Gasteiger partial charge is 0.326 e. The molecule has 0 aliphatic heterocycles. The zero-order valence-electron chi connectivity index (χ0n) is 25.1. The van der Waals surface area contributed by atoms with Crippen LogP contribution in [0.3, 0.4) is 0 Å². The van der Waals surface area contributed by atoms with Gasteiger partial charge < -0.3 is 24.7 Å². The lowest BCUT2D eigenvalue weighted by molar-refractivity contribution is -0.151. The van der Waals surface area contributed by atoms with E-state index < -0.39 is 34.3 Å². The van der Waals surface area contributed by atoms with Gasteiger partial charge >= 0.3 is 23.9 Å². The molecule has 0 amide bonds. The molecule has 0 heterocycles. The lowest BCUT2D eigenvalue weighted by Crippen LogP contribution is -2.51. The van der Waals surface area contributed by atoms with Gasteiger partial charge in [0.2, 0.25) is 0 Å². The molecule has 0 unspecified atom stereocenters. The number of carbonyl (C=O) groups excluding carboxylic acids is 4. The molecule has 0 spiro atoms. The highest BCUT2D eigenvalue weighted by atomic mass is 16.6. The standard InChI is InChI=1S/C30H47NO8/c1-10-28(5,6)25(33)38-22-14-13-21(18-23(22)39-26(34)29(7,8)11-2)19-30(31,27(35)36-9)16-17-37-24(32)15-12-20(3)4/h13-14,18,20H,10-12,15-17,19,31H2,1-9H3/t30-/m1/s1. The van der Waals surface area contributed by atoms with Gasteiger partial charge in [0.15, 0.2) is 11.5 Å². The predicted molar refractivity (Wildman–Crippen MR) is 148 cm³/mol. The van der Waals surface area contributed by atoms with Crippen molar-refractivity contribution in [2.24, 2.45) is 22.5 Å². The van der Waals surface area contributed by atoms with Crippen LogP contribution in [0.1, 0.15) is 93.1 Å². The van der Waals surface area contributed by atoms with E-state index in [2.05, 4.69) is 0 Å². The first kappa shape index (κ1) is 34.1. The van der Waals surface area contributed by atoms with E-state index in [-0.39, 0.29) is 43.3 Å². The highest BCUT2D eigenvalue weighted by molar-refractivity contribution is 5.82. The molecule has 0 saturated carbocycles. The first-order valence-electron chi connectivity index (χ1n) is 13.6. The van der Waals surface area contributed by atoms with E-state index in [1.54, 1.807) is 33.8 Å². The normalized spacial score (nSPS) is 13.4. The summed E-state index contributed by atoms with van der Waals surface area (Å²) in [5, 5.41) is 0. The quantitative estimate of drug-likeness (QED) is 0.233. The van der Waals surface area contributed by atoms with Gasteiger partial charge in [0.1, 0.15) is 5.54 Å². The van der Waals surface area contributed by atoms with E-state index in [1.807, 2.05) is 27.7 Å². The fourth-order valence-corrected chi connectivity index (χ4v) is 3.25. The fourth-order valence-electron chi connectivity index (χ4n) is 3.25. The largest absolute Gasteiger partial charge is 0.468 e. The molecular formula is C30H47NO8. The van der Waals surface area contributed by atoms with Crippen LogP contribution in [0.15, 0.2) is 18.2 Å². The van der Waals surface area contributed by atoms with Gasteiger partial charge in [-0.15, -0.1) is 0 Å². The number of carbonyl (C=O) groups is 4. The minimum Gasteiger partial charge on any atom is -0.468 e. The van der Waals surface area contributed by atoms with Gasteiger partial charge in [-0.25, -0.2) is 0 Å². The van der Waals surface area contributed by atoms with Crippen LogP contribution < -0.4 is 15.2 Å². The summed E-state index contributed by atoms with van der Waals surface area (Å²) >= 11 is 0. The molecule has 220 valence electrons. The molecule has 1 rings (SSSR count). The summed E-state index contributed by atoms with van der Waals surface area (Å²) in [5.74, 6) is -1.49. The molecule has 0 radical (unpaired) electrons. The molecule has 1 aromatic rings. The van der Waals surface area contributed by atoms with Crippen molar-refractivity contribution in [2.75, 3.05) is 13.7 Å². The van der Waals surface area contributed by atoms with E-state index in [0.717, 1.165) is 0 Å². The molecule has 0 saturated heterocycles. The Hall–Kier alpha value is -2.94. The summed E-state index contributed by atoms with van der Waals surface area (Å²) in [5.41, 5.74) is 3.98. The number of hydrogen-bond acceptors (Lipinski definition) is 9. The van der Waals surface area contributed by atoms with Gasteiger partial charge in [-0.1, -0.05) is 33.8 Å². The molecule has 0 aliphatic rings. The van der Waals surface area contributed by atoms with Crippen molar-refractivity contribution in [2.45, 2.75) is 99.5 Å². The van der Waals surface area contributed by atoms with Crippen LogP contribution >= 0.6 is 0 Å². The van der Waals surface area contributed by atoms with Crippen molar-refractivity contribution in [1.29, 1.82) is 0 Å². The maximum absolute atomic E-state index is 12.9.